The highest BCUT2D eigenvalue weighted by atomic mass is 35.5. The summed E-state index contributed by atoms with van der Waals surface area (Å²) in [7, 11) is 0. The van der Waals surface area contributed by atoms with Gasteiger partial charge < -0.3 is 10.6 Å². The lowest BCUT2D eigenvalue weighted by Gasteiger charge is -2.09. The van der Waals surface area contributed by atoms with Crippen LogP contribution < -0.4 is 10.6 Å². The maximum absolute atomic E-state index is 12.0. The largest absolute Gasteiger partial charge is 0.352 e. The third-order valence-corrected chi connectivity index (χ3v) is 4.64. The zero-order valence-electron chi connectivity index (χ0n) is 12.6. The molecule has 1 fully saturated rings. The van der Waals surface area contributed by atoms with Crippen molar-refractivity contribution in [2.75, 3.05) is 25.4 Å². The number of carbonyl (C=O) groups excluding carboxylic acids is 1. The predicted molar refractivity (Wildman–Crippen MR) is 93.5 cm³/mol. The number of thioether (sulfide) groups is 1. The summed E-state index contributed by atoms with van der Waals surface area (Å²) >= 11 is 1.90. The number of hydrogen-bond donors (Lipinski definition) is 2. The fraction of sp³-hybridized carbons (Fsp3) is 0.562. The summed E-state index contributed by atoms with van der Waals surface area (Å²) in [6.07, 6.45) is 2.31. The topological polar surface area (TPSA) is 41.1 Å². The number of benzene rings is 1. The number of hydrogen-bond acceptors (Lipinski definition) is 3. The molecule has 0 aromatic heterocycles. The Morgan fingerprint density at radius 3 is 2.76 bits per heavy atom. The Bertz CT molecular complexity index is 419. The zero-order valence-corrected chi connectivity index (χ0v) is 14.2. The quantitative estimate of drug-likeness (QED) is 0.808. The van der Waals surface area contributed by atoms with Crippen molar-refractivity contribution >= 4 is 30.1 Å². The minimum absolute atomic E-state index is 0. The molecule has 1 aromatic rings. The molecule has 2 N–H and O–H groups in total. The van der Waals surface area contributed by atoms with Gasteiger partial charge in [0.2, 0.25) is 0 Å². The summed E-state index contributed by atoms with van der Waals surface area (Å²) in [5.41, 5.74) is 2.05. The standard InChI is InChI=1S/C16H24N2OS.ClH/c1-2-20-12-14-3-5-15(6-4-14)16(19)18-10-8-13-7-9-17-11-13;/h3-6,13,17H,2,7-12H2,1H3,(H,18,19);1H. The van der Waals surface area contributed by atoms with Gasteiger partial charge in [-0.05, 0) is 55.3 Å². The van der Waals surface area contributed by atoms with E-state index in [4.69, 9.17) is 0 Å². The summed E-state index contributed by atoms with van der Waals surface area (Å²) < 4.78 is 0. The molecule has 0 bridgehead atoms. The van der Waals surface area contributed by atoms with Crippen molar-refractivity contribution in [3.63, 3.8) is 0 Å². The molecule has 3 nitrogen and oxygen atoms in total. The van der Waals surface area contributed by atoms with E-state index in [-0.39, 0.29) is 18.3 Å². The molecule has 2 rings (SSSR count). The molecule has 1 amide bonds. The predicted octanol–water partition coefficient (Wildman–Crippen LogP) is 3.09. The third-order valence-electron chi connectivity index (χ3n) is 3.69. The van der Waals surface area contributed by atoms with E-state index in [1.54, 1.807) is 0 Å². The highest BCUT2D eigenvalue weighted by Gasteiger charge is 2.14. The van der Waals surface area contributed by atoms with Gasteiger partial charge in [-0.3, -0.25) is 4.79 Å². The van der Waals surface area contributed by atoms with Gasteiger partial charge in [-0.15, -0.1) is 12.4 Å². The molecule has 0 aliphatic carbocycles. The van der Waals surface area contributed by atoms with Crippen LogP contribution in [0.25, 0.3) is 0 Å². The van der Waals surface area contributed by atoms with E-state index in [9.17, 15) is 4.79 Å². The van der Waals surface area contributed by atoms with E-state index in [2.05, 4.69) is 29.7 Å². The van der Waals surface area contributed by atoms with Gasteiger partial charge >= 0.3 is 0 Å². The molecule has 1 unspecified atom stereocenters. The molecule has 0 saturated carbocycles. The molecule has 1 aliphatic rings. The lowest BCUT2D eigenvalue weighted by molar-refractivity contribution is 0.0951. The number of carbonyl (C=O) groups is 1. The van der Waals surface area contributed by atoms with E-state index in [1.165, 1.54) is 12.0 Å². The Morgan fingerprint density at radius 1 is 1.38 bits per heavy atom. The van der Waals surface area contributed by atoms with E-state index in [1.807, 2.05) is 23.9 Å². The van der Waals surface area contributed by atoms with Crippen LogP contribution in [0.2, 0.25) is 0 Å². The van der Waals surface area contributed by atoms with Gasteiger partial charge in [-0.25, -0.2) is 0 Å². The van der Waals surface area contributed by atoms with Crippen molar-refractivity contribution in [1.29, 1.82) is 0 Å². The molecule has 5 heteroatoms. The summed E-state index contributed by atoms with van der Waals surface area (Å²) in [5, 5.41) is 6.37. The fourth-order valence-corrected chi connectivity index (χ4v) is 3.06. The van der Waals surface area contributed by atoms with Crippen molar-refractivity contribution in [3.8, 4) is 0 Å². The molecule has 118 valence electrons. The van der Waals surface area contributed by atoms with Crippen LogP contribution in [0.15, 0.2) is 24.3 Å². The molecule has 1 saturated heterocycles. The number of amides is 1. The monoisotopic (exact) mass is 328 g/mol. The van der Waals surface area contributed by atoms with Crippen LogP contribution in [0.4, 0.5) is 0 Å². The average Bonchev–Trinajstić information content (AvgIpc) is 2.99. The van der Waals surface area contributed by atoms with Gasteiger partial charge in [-0.2, -0.15) is 11.8 Å². The second-order valence-corrected chi connectivity index (χ2v) is 6.51. The molecule has 1 aliphatic heterocycles. The Morgan fingerprint density at radius 2 is 2.14 bits per heavy atom. The molecular weight excluding hydrogens is 304 g/mol. The maximum atomic E-state index is 12.0. The van der Waals surface area contributed by atoms with Crippen LogP contribution in [0, 0.1) is 5.92 Å². The SMILES string of the molecule is CCSCc1ccc(C(=O)NCCC2CCNC2)cc1.Cl. The van der Waals surface area contributed by atoms with Crippen LogP contribution in [-0.4, -0.2) is 31.3 Å². The van der Waals surface area contributed by atoms with E-state index in [0.717, 1.165) is 49.0 Å². The second kappa shape index (κ2) is 10.1. The van der Waals surface area contributed by atoms with Gasteiger partial charge in [0.1, 0.15) is 0 Å². The smallest absolute Gasteiger partial charge is 0.251 e. The Kier molecular flexibility index (Phi) is 8.81. The van der Waals surface area contributed by atoms with Crippen LogP contribution >= 0.6 is 24.2 Å². The summed E-state index contributed by atoms with van der Waals surface area (Å²) in [5.74, 6) is 2.92. The summed E-state index contributed by atoms with van der Waals surface area (Å²) in [4.78, 5) is 12.0. The zero-order chi connectivity index (χ0) is 14.2. The van der Waals surface area contributed by atoms with Gasteiger partial charge in [0.05, 0.1) is 0 Å². The van der Waals surface area contributed by atoms with E-state index in [0.29, 0.717) is 0 Å². The van der Waals surface area contributed by atoms with Crippen molar-refractivity contribution in [2.45, 2.75) is 25.5 Å². The first-order valence-corrected chi connectivity index (χ1v) is 8.60. The van der Waals surface area contributed by atoms with Crippen LogP contribution in [0.1, 0.15) is 35.7 Å². The highest BCUT2D eigenvalue weighted by molar-refractivity contribution is 7.98. The summed E-state index contributed by atoms with van der Waals surface area (Å²) in [6, 6.07) is 7.97. The summed E-state index contributed by atoms with van der Waals surface area (Å²) in [6.45, 7) is 5.15. The van der Waals surface area contributed by atoms with Crippen molar-refractivity contribution < 1.29 is 4.79 Å². The normalized spacial score (nSPS) is 17.3. The lowest BCUT2D eigenvalue weighted by atomic mass is 10.1. The molecule has 1 aromatic carbocycles. The maximum Gasteiger partial charge on any atom is 0.251 e. The minimum Gasteiger partial charge on any atom is -0.352 e. The molecule has 1 atom stereocenters. The van der Waals surface area contributed by atoms with Gasteiger partial charge in [-0.1, -0.05) is 19.1 Å². The van der Waals surface area contributed by atoms with Crippen LogP contribution in [-0.2, 0) is 5.75 Å². The van der Waals surface area contributed by atoms with Crippen molar-refractivity contribution in [1.82, 2.24) is 10.6 Å². The first-order chi connectivity index (χ1) is 9.79. The Labute approximate surface area is 138 Å². The second-order valence-electron chi connectivity index (χ2n) is 5.24. The van der Waals surface area contributed by atoms with Crippen molar-refractivity contribution in [2.24, 2.45) is 5.92 Å². The molecule has 0 radical (unpaired) electrons. The highest BCUT2D eigenvalue weighted by Crippen LogP contribution is 2.13. The Balaban J connectivity index is 0.00000220. The third kappa shape index (κ3) is 6.29. The minimum atomic E-state index is 0. The molecule has 21 heavy (non-hydrogen) atoms. The first-order valence-electron chi connectivity index (χ1n) is 7.45. The van der Waals surface area contributed by atoms with Crippen LogP contribution in [0.3, 0.4) is 0 Å². The van der Waals surface area contributed by atoms with E-state index >= 15 is 0 Å². The molecule has 0 spiro atoms. The number of nitrogens with one attached hydrogen (secondary N) is 2. The average molecular weight is 329 g/mol. The number of rotatable bonds is 7. The van der Waals surface area contributed by atoms with Gasteiger partial charge in [0.25, 0.3) is 5.91 Å². The van der Waals surface area contributed by atoms with E-state index < -0.39 is 0 Å². The molecule has 1 heterocycles. The van der Waals surface area contributed by atoms with Gasteiger partial charge in [0.15, 0.2) is 0 Å². The number of halogens is 1. The molecular formula is C16H25ClN2OS. The van der Waals surface area contributed by atoms with Crippen LogP contribution in [0.5, 0.6) is 0 Å². The van der Waals surface area contributed by atoms with Crippen molar-refractivity contribution in [3.05, 3.63) is 35.4 Å². The fourth-order valence-electron chi connectivity index (χ4n) is 2.42. The lowest BCUT2D eigenvalue weighted by Crippen LogP contribution is -2.26. The first kappa shape index (κ1) is 18.3. The Hall–Kier alpha value is -0.710. The van der Waals surface area contributed by atoms with Gasteiger partial charge in [0, 0.05) is 17.9 Å².